The minimum Gasteiger partial charge on any atom is -0.294 e. The molecule has 0 spiro atoms. The van der Waals surface area contributed by atoms with Crippen molar-refractivity contribution in [3.8, 4) is 0 Å². The molecule has 2 aliphatic rings. The maximum absolute atomic E-state index is 13.4. The molecule has 2 aromatic carbocycles. The third-order valence-electron chi connectivity index (χ3n) is 6.81. The molecule has 2 unspecified atom stereocenters. The van der Waals surface area contributed by atoms with E-state index in [1.807, 2.05) is 0 Å². The van der Waals surface area contributed by atoms with Crippen molar-refractivity contribution < 1.29 is 4.79 Å². The Bertz CT molecular complexity index is 812. The van der Waals surface area contributed by atoms with E-state index < -0.39 is 0 Å². The van der Waals surface area contributed by atoms with Crippen LogP contribution in [0.3, 0.4) is 0 Å². The van der Waals surface area contributed by atoms with E-state index in [0.717, 1.165) is 30.5 Å². The van der Waals surface area contributed by atoms with E-state index in [4.69, 9.17) is 0 Å². The fourth-order valence-electron chi connectivity index (χ4n) is 5.19. The Morgan fingerprint density at radius 1 is 0.926 bits per heavy atom. The smallest absolute Gasteiger partial charge is 0.166 e. The predicted octanol–water partition coefficient (Wildman–Crippen LogP) is 5.63. The Morgan fingerprint density at radius 2 is 1.56 bits per heavy atom. The molecule has 4 rings (SSSR count). The third-order valence-corrected chi connectivity index (χ3v) is 6.81. The second kappa shape index (κ2) is 7.59. The summed E-state index contributed by atoms with van der Waals surface area (Å²) in [4.78, 5) is 16.1. The number of ketones is 1. The SMILES string of the molecule is Cc1cc(C)c(C(=O)C2CC3CCCC(C2)N3Cc2ccccc2)cc1C. The number of rotatable bonds is 4. The lowest BCUT2D eigenvalue weighted by molar-refractivity contribution is 0.00904. The predicted molar refractivity (Wildman–Crippen MR) is 111 cm³/mol. The van der Waals surface area contributed by atoms with Gasteiger partial charge < -0.3 is 0 Å². The highest BCUT2D eigenvalue weighted by Gasteiger charge is 2.40. The normalized spacial score (nSPS) is 25.4. The fraction of sp³-hybridized carbons (Fsp3) is 0.480. The Kier molecular flexibility index (Phi) is 5.19. The monoisotopic (exact) mass is 361 g/mol. The number of hydrogen-bond donors (Lipinski definition) is 0. The first-order valence-electron chi connectivity index (χ1n) is 10.4. The summed E-state index contributed by atoms with van der Waals surface area (Å²) in [6.07, 6.45) is 5.82. The topological polar surface area (TPSA) is 20.3 Å². The van der Waals surface area contributed by atoms with Crippen molar-refractivity contribution in [2.24, 2.45) is 5.92 Å². The van der Waals surface area contributed by atoms with Crippen LogP contribution >= 0.6 is 0 Å². The standard InChI is InChI=1S/C25H31NO/c1-17-12-19(3)24(13-18(17)2)25(27)21-14-22-10-7-11-23(15-21)26(22)16-20-8-5-4-6-9-20/h4-6,8-9,12-13,21-23H,7,10-11,14-16H2,1-3H3. The highest BCUT2D eigenvalue weighted by atomic mass is 16.1. The van der Waals surface area contributed by atoms with Gasteiger partial charge in [0.25, 0.3) is 0 Å². The summed E-state index contributed by atoms with van der Waals surface area (Å²) in [5.74, 6) is 0.569. The molecule has 2 fully saturated rings. The molecule has 0 N–H and O–H groups in total. The largest absolute Gasteiger partial charge is 0.294 e. The van der Waals surface area contributed by atoms with Crippen LogP contribution in [0, 0.1) is 26.7 Å². The molecule has 142 valence electrons. The average molecular weight is 362 g/mol. The van der Waals surface area contributed by atoms with Crippen molar-refractivity contribution in [1.29, 1.82) is 0 Å². The summed E-state index contributed by atoms with van der Waals surface area (Å²) in [5.41, 5.74) is 5.99. The first kappa shape index (κ1) is 18.4. The molecule has 2 heteroatoms. The Balaban J connectivity index is 1.53. The molecule has 27 heavy (non-hydrogen) atoms. The van der Waals surface area contributed by atoms with Crippen molar-refractivity contribution in [2.45, 2.75) is 71.5 Å². The summed E-state index contributed by atoms with van der Waals surface area (Å²) in [7, 11) is 0. The summed E-state index contributed by atoms with van der Waals surface area (Å²) in [6.45, 7) is 7.36. The number of hydrogen-bond acceptors (Lipinski definition) is 2. The van der Waals surface area contributed by atoms with Gasteiger partial charge in [-0.1, -0.05) is 42.8 Å². The molecule has 0 aliphatic carbocycles. The first-order valence-corrected chi connectivity index (χ1v) is 10.4. The minimum atomic E-state index is 0.188. The molecule has 2 heterocycles. The summed E-state index contributed by atoms with van der Waals surface area (Å²) >= 11 is 0. The number of benzene rings is 2. The summed E-state index contributed by atoms with van der Waals surface area (Å²) in [6, 6.07) is 16.2. The van der Waals surface area contributed by atoms with Gasteiger partial charge in [0.1, 0.15) is 0 Å². The van der Waals surface area contributed by atoms with Crippen molar-refractivity contribution in [3.63, 3.8) is 0 Å². The molecule has 2 aliphatic heterocycles. The maximum atomic E-state index is 13.4. The lowest BCUT2D eigenvalue weighted by Gasteiger charge is -2.48. The number of fused-ring (bicyclic) bond motifs is 2. The lowest BCUT2D eigenvalue weighted by atomic mass is 9.75. The van der Waals surface area contributed by atoms with Gasteiger partial charge in [0, 0.05) is 30.1 Å². The molecule has 2 nitrogen and oxygen atoms in total. The third kappa shape index (κ3) is 3.73. The number of carbonyl (C=O) groups is 1. The molecule has 2 aromatic rings. The molecule has 0 saturated carbocycles. The van der Waals surface area contributed by atoms with Crippen molar-refractivity contribution >= 4 is 5.78 Å². The Hall–Kier alpha value is -1.93. The molecule has 2 saturated heterocycles. The highest BCUT2D eigenvalue weighted by molar-refractivity contribution is 5.99. The zero-order chi connectivity index (χ0) is 19.0. The van der Waals surface area contributed by atoms with Crippen LogP contribution in [0.2, 0.25) is 0 Å². The van der Waals surface area contributed by atoms with Gasteiger partial charge in [-0.15, -0.1) is 0 Å². The molecule has 0 radical (unpaired) electrons. The number of carbonyl (C=O) groups excluding carboxylic acids is 1. The Morgan fingerprint density at radius 3 is 2.22 bits per heavy atom. The van der Waals surface area contributed by atoms with Crippen molar-refractivity contribution in [2.75, 3.05) is 0 Å². The maximum Gasteiger partial charge on any atom is 0.166 e. The van der Waals surface area contributed by atoms with E-state index in [1.165, 1.54) is 36.0 Å². The van der Waals surface area contributed by atoms with Crippen LogP contribution < -0.4 is 0 Å². The number of Topliss-reactive ketones (excluding diaryl/α,β-unsaturated/α-hetero) is 1. The second-order valence-corrected chi connectivity index (χ2v) is 8.68. The van der Waals surface area contributed by atoms with Crippen molar-refractivity contribution in [1.82, 2.24) is 4.90 Å². The Labute approximate surface area is 163 Å². The number of aryl methyl sites for hydroxylation is 3. The van der Waals surface area contributed by atoms with E-state index >= 15 is 0 Å². The molecule has 0 amide bonds. The van der Waals surface area contributed by atoms with E-state index in [0.29, 0.717) is 17.9 Å². The second-order valence-electron chi connectivity index (χ2n) is 8.68. The molecule has 0 aromatic heterocycles. The van der Waals surface area contributed by atoms with Gasteiger partial charge in [0.15, 0.2) is 5.78 Å². The van der Waals surface area contributed by atoms with Crippen LogP contribution in [-0.4, -0.2) is 22.8 Å². The number of nitrogens with zero attached hydrogens (tertiary/aromatic N) is 1. The van der Waals surface area contributed by atoms with Gasteiger partial charge in [0.05, 0.1) is 0 Å². The van der Waals surface area contributed by atoms with Crippen LogP contribution in [0.5, 0.6) is 0 Å². The molecular weight excluding hydrogens is 330 g/mol. The van der Waals surface area contributed by atoms with Crippen LogP contribution in [0.25, 0.3) is 0 Å². The fourth-order valence-corrected chi connectivity index (χ4v) is 5.19. The van der Waals surface area contributed by atoms with Crippen LogP contribution in [0.15, 0.2) is 42.5 Å². The molecular formula is C25H31NO. The van der Waals surface area contributed by atoms with Gasteiger partial charge in [-0.05, 0) is 74.8 Å². The van der Waals surface area contributed by atoms with E-state index in [2.05, 4.69) is 68.1 Å². The lowest BCUT2D eigenvalue weighted by Crippen LogP contribution is -2.52. The van der Waals surface area contributed by atoms with Crippen molar-refractivity contribution in [3.05, 3.63) is 70.3 Å². The van der Waals surface area contributed by atoms with Gasteiger partial charge >= 0.3 is 0 Å². The minimum absolute atomic E-state index is 0.188. The zero-order valence-electron chi connectivity index (χ0n) is 16.9. The first-order chi connectivity index (χ1) is 13.0. The molecule has 2 bridgehead atoms. The van der Waals surface area contributed by atoms with Crippen LogP contribution in [-0.2, 0) is 6.54 Å². The van der Waals surface area contributed by atoms with E-state index in [9.17, 15) is 4.79 Å². The number of piperidine rings is 2. The van der Waals surface area contributed by atoms with Crippen LogP contribution in [0.1, 0.15) is 64.7 Å². The average Bonchev–Trinajstić information content (AvgIpc) is 2.65. The van der Waals surface area contributed by atoms with Gasteiger partial charge in [-0.3, -0.25) is 9.69 Å². The quantitative estimate of drug-likeness (QED) is 0.658. The summed E-state index contributed by atoms with van der Waals surface area (Å²) in [5, 5.41) is 0. The van der Waals surface area contributed by atoms with Gasteiger partial charge in [-0.25, -0.2) is 0 Å². The zero-order valence-corrected chi connectivity index (χ0v) is 16.9. The van der Waals surface area contributed by atoms with Gasteiger partial charge in [0.2, 0.25) is 0 Å². The van der Waals surface area contributed by atoms with E-state index in [1.54, 1.807) is 0 Å². The highest BCUT2D eigenvalue weighted by Crippen LogP contribution is 2.39. The molecule has 2 atom stereocenters. The van der Waals surface area contributed by atoms with Crippen LogP contribution in [0.4, 0.5) is 0 Å². The van der Waals surface area contributed by atoms with E-state index in [-0.39, 0.29) is 5.92 Å². The van der Waals surface area contributed by atoms with Gasteiger partial charge in [-0.2, -0.15) is 0 Å². The summed E-state index contributed by atoms with van der Waals surface area (Å²) < 4.78 is 0.